The first-order valence-electron chi connectivity index (χ1n) is 6.32. The van der Waals surface area contributed by atoms with Gasteiger partial charge >= 0.3 is 0 Å². The number of amides is 1. The third kappa shape index (κ3) is 3.40. The van der Waals surface area contributed by atoms with E-state index in [1.54, 1.807) is 25.1 Å². The predicted molar refractivity (Wildman–Crippen MR) is 74.2 cm³/mol. The van der Waals surface area contributed by atoms with Crippen molar-refractivity contribution < 1.29 is 24.5 Å². The highest BCUT2D eigenvalue weighted by Crippen LogP contribution is 2.27. The van der Waals surface area contributed by atoms with Gasteiger partial charge in [-0.05, 0) is 24.6 Å². The van der Waals surface area contributed by atoms with Gasteiger partial charge in [0.25, 0.3) is 5.91 Å². The first kappa shape index (κ1) is 16.3. The van der Waals surface area contributed by atoms with Crippen LogP contribution in [0.2, 0.25) is 0 Å². The van der Waals surface area contributed by atoms with Gasteiger partial charge in [-0.2, -0.15) is 0 Å². The Morgan fingerprint density at radius 3 is 2.25 bits per heavy atom. The minimum Gasteiger partial charge on any atom is -0.493 e. The van der Waals surface area contributed by atoms with E-state index in [2.05, 4.69) is 5.32 Å². The van der Waals surface area contributed by atoms with E-state index in [0.717, 1.165) is 0 Å². The van der Waals surface area contributed by atoms with Crippen molar-refractivity contribution >= 4 is 5.91 Å². The van der Waals surface area contributed by atoms with Crippen molar-refractivity contribution in [2.24, 2.45) is 0 Å². The molecule has 20 heavy (non-hydrogen) atoms. The second kappa shape index (κ2) is 7.12. The fraction of sp³-hybridized carbons (Fsp3) is 0.500. The van der Waals surface area contributed by atoms with Crippen LogP contribution in [0.4, 0.5) is 0 Å². The molecule has 0 saturated carbocycles. The normalized spacial score (nSPS) is 11.1. The van der Waals surface area contributed by atoms with Gasteiger partial charge < -0.3 is 25.0 Å². The standard InChI is InChI=1S/C14H21NO5/c1-4-14(8-16,9-17)15-13(18)10-5-6-11(19-2)12(7-10)20-3/h5-7,16-17H,4,8-9H2,1-3H3,(H,15,18). The molecule has 112 valence electrons. The zero-order valence-electron chi connectivity index (χ0n) is 12.0. The van der Waals surface area contributed by atoms with Crippen molar-refractivity contribution in [3.63, 3.8) is 0 Å². The molecular formula is C14H21NO5. The van der Waals surface area contributed by atoms with E-state index in [1.807, 2.05) is 0 Å². The lowest BCUT2D eigenvalue weighted by atomic mass is 9.97. The Labute approximate surface area is 118 Å². The molecule has 0 aliphatic heterocycles. The van der Waals surface area contributed by atoms with Gasteiger partial charge in [-0.1, -0.05) is 6.92 Å². The van der Waals surface area contributed by atoms with E-state index in [9.17, 15) is 15.0 Å². The number of ether oxygens (including phenoxy) is 2. The minimum absolute atomic E-state index is 0.334. The van der Waals surface area contributed by atoms with Crippen LogP contribution in [0.25, 0.3) is 0 Å². The maximum Gasteiger partial charge on any atom is 0.252 e. The van der Waals surface area contributed by atoms with Crippen LogP contribution < -0.4 is 14.8 Å². The van der Waals surface area contributed by atoms with E-state index < -0.39 is 11.4 Å². The van der Waals surface area contributed by atoms with Crippen LogP contribution in [0.1, 0.15) is 23.7 Å². The van der Waals surface area contributed by atoms with Crippen molar-refractivity contribution in [1.29, 1.82) is 0 Å². The molecule has 6 nitrogen and oxygen atoms in total. The Balaban J connectivity index is 2.98. The average molecular weight is 283 g/mol. The van der Waals surface area contributed by atoms with Gasteiger partial charge in [-0.3, -0.25) is 4.79 Å². The zero-order chi connectivity index (χ0) is 15.2. The minimum atomic E-state index is -1.02. The third-order valence-corrected chi connectivity index (χ3v) is 3.31. The fourth-order valence-electron chi connectivity index (χ4n) is 1.73. The lowest BCUT2D eigenvalue weighted by Crippen LogP contribution is -2.53. The van der Waals surface area contributed by atoms with Crippen LogP contribution in [-0.2, 0) is 0 Å². The highest BCUT2D eigenvalue weighted by atomic mass is 16.5. The molecule has 0 saturated heterocycles. The SMILES string of the molecule is CCC(CO)(CO)NC(=O)c1ccc(OC)c(OC)c1. The van der Waals surface area contributed by atoms with Gasteiger partial charge in [0, 0.05) is 5.56 Å². The molecule has 1 amide bonds. The van der Waals surface area contributed by atoms with Crippen LogP contribution >= 0.6 is 0 Å². The molecular weight excluding hydrogens is 262 g/mol. The molecule has 1 aromatic rings. The van der Waals surface area contributed by atoms with E-state index in [4.69, 9.17) is 9.47 Å². The highest BCUT2D eigenvalue weighted by Gasteiger charge is 2.29. The number of carbonyl (C=O) groups excluding carboxylic acids is 1. The van der Waals surface area contributed by atoms with E-state index >= 15 is 0 Å². The number of methoxy groups -OCH3 is 2. The van der Waals surface area contributed by atoms with Gasteiger partial charge in [-0.25, -0.2) is 0 Å². The monoisotopic (exact) mass is 283 g/mol. The summed E-state index contributed by atoms with van der Waals surface area (Å²) in [4.78, 5) is 12.2. The number of benzene rings is 1. The summed E-state index contributed by atoms with van der Waals surface area (Å²) in [5.41, 5.74) is -0.660. The number of aliphatic hydroxyl groups excluding tert-OH is 2. The molecule has 3 N–H and O–H groups in total. The van der Waals surface area contributed by atoms with Crippen LogP contribution in [0, 0.1) is 0 Å². The number of rotatable bonds is 7. The summed E-state index contributed by atoms with van der Waals surface area (Å²) in [5.74, 6) is 0.571. The summed E-state index contributed by atoms with van der Waals surface area (Å²) >= 11 is 0. The smallest absolute Gasteiger partial charge is 0.252 e. The van der Waals surface area contributed by atoms with Gasteiger partial charge in [0.05, 0.1) is 33.0 Å². The van der Waals surface area contributed by atoms with Crippen LogP contribution in [0.15, 0.2) is 18.2 Å². The number of nitrogens with one attached hydrogen (secondary N) is 1. The van der Waals surface area contributed by atoms with Crippen molar-refractivity contribution in [3.05, 3.63) is 23.8 Å². The summed E-state index contributed by atoms with van der Waals surface area (Å²) in [6.45, 7) is 1.11. The van der Waals surface area contributed by atoms with Gasteiger partial charge in [0.15, 0.2) is 11.5 Å². The fourth-order valence-corrected chi connectivity index (χ4v) is 1.73. The first-order chi connectivity index (χ1) is 9.55. The molecule has 0 aliphatic carbocycles. The number of hydrogen-bond acceptors (Lipinski definition) is 5. The second-order valence-corrected chi connectivity index (χ2v) is 4.47. The van der Waals surface area contributed by atoms with Crippen molar-refractivity contribution in [3.8, 4) is 11.5 Å². The molecule has 0 heterocycles. The largest absolute Gasteiger partial charge is 0.493 e. The van der Waals surface area contributed by atoms with Gasteiger partial charge in [0.1, 0.15) is 0 Å². The molecule has 0 radical (unpaired) electrons. The van der Waals surface area contributed by atoms with Crippen LogP contribution in [0.3, 0.4) is 0 Å². The Morgan fingerprint density at radius 1 is 1.20 bits per heavy atom. The lowest BCUT2D eigenvalue weighted by molar-refractivity contribution is 0.0652. The molecule has 0 aliphatic rings. The summed E-state index contributed by atoms with van der Waals surface area (Å²) in [7, 11) is 2.99. The zero-order valence-corrected chi connectivity index (χ0v) is 12.0. The number of aliphatic hydroxyl groups is 2. The summed E-state index contributed by atoms with van der Waals surface area (Å²) in [5, 5.41) is 21.3. The highest BCUT2D eigenvalue weighted by molar-refractivity contribution is 5.95. The molecule has 1 aromatic carbocycles. The average Bonchev–Trinajstić information content (AvgIpc) is 2.51. The molecule has 0 spiro atoms. The van der Waals surface area contributed by atoms with Crippen LogP contribution in [0.5, 0.6) is 11.5 Å². The van der Waals surface area contributed by atoms with Gasteiger partial charge in [-0.15, -0.1) is 0 Å². The van der Waals surface area contributed by atoms with Gasteiger partial charge in [0.2, 0.25) is 0 Å². The number of hydrogen-bond donors (Lipinski definition) is 3. The Hall–Kier alpha value is -1.79. The van der Waals surface area contributed by atoms with Crippen molar-refractivity contribution in [2.75, 3.05) is 27.4 Å². The summed E-state index contributed by atoms with van der Waals surface area (Å²) < 4.78 is 10.2. The van der Waals surface area contributed by atoms with Crippen molar-refractivity contribution in [2.45, 2.75) is 18.9 Å². The quantitative estimate of drug-likeness (QED) is 0.681. The van der Waals surface area contributed by atoms with Crippen LogP contribution in [-0.4, -0.2) is 49.1 Å². The molecule has 0 fully saturated rings. The second-order valence-electron chi connectivity index (χ2n) is 4.47. The molecule has 1 rings (SSSR count). The van der Waals surface area contributed by atoms with Crippen molar-refractivity contribution in [1.82, 2.24) is 5.32 Å². The number of carbonyl (C=O) groups is 1. The molecule has 0 aromatic heterocycles. The molecule has 0 unspecified atom stereocenters. The predicted octanol–water partition coefficient (Wildman–Crippen LogP) is 0.567. The van der Waals surface area contributed by atoms with E-state index in [-0.39, 0.29) is 13.2 Å². The molecule has 6 heteroatoms. The molecule has 0 atom stereocenters. The Bertz CT molecular complexity index is 449. The Kier molecular flexibility index (Phi) is 5.79. The molecule has 0 bridgehead atoms. The summed E-state index contributed by atoms with van der Waals surface area (Å²) in [6, 6.07) is 4.76. The lowest BCUT2D eigenvalue weighted by Gasteiger charge is -2.29. The Morgan fingerprint density at radius 2 is 1.80 bits per heavy atom. The maximum absolute atomic E-state index is 12.2. The van der Waals surface area contributed by atoms with E-state index in [0.29, 0.717) is 23.5 Å². The summed E-state index contributed by atoms with van der Waals surface area (Å²) in [6.07, 6.45) is 0.416. The first-order valence-corrected chi connectivity index (χ1v) is 6.32. The van der Waals surface area contributed by atoms with E-state index in [1.165, 1.54) is 14.2 Å². The third-order valence-electron chi connectivity index (χ3n) is 3.31. The maximum atomic E-state index is 12.2. The topological polar surface area (TPSA) is 88.0 Å².